The minimum absolute atomic E-state index is 0.0793. The van der Waals surface area contributed by atoms with E-state index in [1.165, 1.54) is 12.1 Å². The van der Waals surface area contributed by atoms with Crippen molar-refractivity contribution >= 4 is 58.3 Å². The Hall–Kier alpha value is -5.13. The number of halogens is 3. The van der Waals surface area contributed by atoms with Crippen LogP contribution in [0.1, 0.15) is 71.0 Å². The van der Waals surface area contributed by atoms with Crippen LogP contribution in [-0.4, -0.2) is 118 Å². The molecule has 8 rings (SSSR count). The van der Waals surface area contributed by atoms with Crippen LogP contribution in [0.25, 0.3) is 11.1 Å². The maximum Gasteiger partial charge on any atom is 0.264 e. The highest BCUT2D eigenvalue weighted by molar-refractivity contribution is 6.36. The van der Waals surface area contributed by atoms with E-state index in [0.717, 1.165) is 68.1 Å². The zero-order chi connectivity index (χ0) is 42.1. The van der Waals surface area contributed by atoms with Gasteiger partial charge in [0.2, 0.25) is 11.8 Å². The van der Waals surface area contributed by atoms with Crippen LogP contribution in [0.4, 0.5) is 15.9 Å². The first kappa shape index (κ1) is 41.6. The van der Waals surface area contributed by atoms with Crippen LogP contribution in [-0.2, 0) is 14.3 Å². The van der Waals surface area contributed by atoms with E-state index in [-0.39, 0.29) is 40.9 Å². The number of imide groups is 2. The summed E-state index contributed by atoms with van der Waals surface area (Å²) < 4.78 is 28.2. The number of aromatic nitrogens is 3. The summed E-state index contributed by atoms with van der Waals surface area (Å²) in [6.45, 7) is 9.02. The molecule has 0 radical (unpaired) electrons. The minimum atomic E-state index is -0.993. The highest BCUT2D eigenvalue weighted by Crippen LogP contribution is 2.38. The van der Waals surface area contributed by atoms with Crippen molar-refractivity contribution in [2.24, 2.45) is 5.92 Å². The fraction of sp³-hybridized carbons (Fsp3) is 0.429. The first-order chi connectivity index (χ1) is 28.9. The molecule has 2 aromatic heterocycles. The summed E-state index contributed by atoms with van der Waals surface area (Å²) in [7, 11) is 0. The first-order valence-electron chi connectivity index (χ1n) is 20.2. The third kappa shape index (κ3) is 8.70. The number of nitrogen functional groups attached to an aromatic ring is 1. The summed E-state index contributed by atoms with van der Waals surface area (Å²) >= 11 is 12.5. The summed E-state index contributed by atoms with van der Waals surface area (Å²) in [6.07, 6.45) is 6.92. The Morgan fingerprint density at radius 2 is 1.75 bits per heavy atom. The van der Waals surface area contributed by atoms with E-state index < -0.39 is 41.6 Å². The number of hydrogen-bond acceptors (Lipinski definition) is 12. The molecular formula is C42H46Cl2FN9O6. The van der Waals surface area contributed by atoms with Crippen molar-refractivity contribution in [3.63, 3.8) is 0 Å². The molecule has 4 aliphatic heterocycles. The van der Waals surface area contributed by atoms with Gasteiger partial charge in [0.25, 0.3) is 11.8 Å². The molecule has 0 aliphatic carbocycles. The lowest BCUT2D eigenvalue weighted by Crippen LogP contribution is -2.54. The summed E-state index contributed by atoms with van der Waals surface area (Å²) in [6, 6.07) is 8.81. The average Bonchev–Trinajstić information content (AvgIpc) is 3.81. The van der Waals surface area contributed by atoms with Crippen LogP contribution in [0.5, 0.6) is 5.75 Å². The summed E-state index contributed by atoms with van der Waals surface area (Å²) in [5.41, 5.74) is 9.24. The Morgan fingerprint density at radius 1 is 0.983 bits per heavy atom. The van der Waals surface area contributed by atoms with E-state index in [4.69, 9.17) is 38.4 Å². The van der Waals surface area contributed by atoms with E-state index in [0.29, 0.717) is 47.7 Å². The molecule has 2 atom stereocenters. The van der Waals surface area contributed by atoms with Gasteiger partial charge >= 0.3 is 0 Å². The monoisotopic (exact) mass is 861 g/mol. The van der Waals surface area contributed by atoms with Crippen LogP contribution in [0.3, 0.4) is 0 Å². The summed E-state index contributed by atoms with van der Waals surface area (Å²) in [5.74, 6) is -1.74. The predicted octanol–water partition coefficient (Wildman–Crippen LogP) is 5.21. The summed E-state index contributed by atoms with van der Waals surface area (Å²) in [4.78, 5) is 60.6. The number of fused-ring (bicyclic) bond motifs is 1. The fourth-order valence-electron chi connectivity index (χ4n) is 8.36. The van der Waals surface area contributed by atoms with Gasteiger partial charge in [-0.1, -0.05) is 29.3 Å². The van der Waals surface area contributed by atoms with E-state index in [2.05, 4.69) is 30.5 Å². The maximum absolute atomic E-state index is 14.1. The van der Waals surface area contributed by atoms with Crippen LogP contribution < -0.4 is 21.1 Å². The van der Waals surface area contributed by atoms with Gasteiger partial charge in [0.05, 0.1) is 41.6 Å². The Kier molecular flexibility index (Phi) is 12.4. The number of ether oxygens (including phenoxy) is 2. The Balaban J connectivity index is 0.726. The van der Waals surface area contributed by atoms with Gasteiger partial charge in [-0.2, -0.15) is 5.10 Å². The number of amides is 4. The van der Waals surface area contributed by atoms with Gasteiger partial charge in [-0.25, -0.2) is 9.37 Å². The van der Waals surface area contributed by atoms with Gasteiger partial charge in [-0.3, -0.25) is 34.1 Å². The van der Waals surface area contributed by atoms with Gasteiger partial charge in [-0.15, -0.1) is 0 Å². The van der Waals surface area contributed by atoms with E-state index >= 15 is 0 Å². The Labute approximate surface area is 356 Å². The van der Waals surface area contributed by atoms with Crippen molar-refractivity contribution < 1.29 is 33.0 Å². The predicted molar refractivity (Wildman–Crippen MR) is 222 cm³/mol. The highest BCUT2D eigenvalue weighted by Gasteiger charge is 2.45. The van der Waals surface area contributed by atoms with Crippen molar-refractivity contribution in [1.82, 2.24) is 34.8 Å². The molecule has 0 bridgehead atoms. The fourth-order valence-corrected chi connectivity index (χ4v) is 9.04. The number of nitrogens with zero attached hydrogens (tertiary/aromatic N) is 6. The molecule has 4 amide bonds. The molecule has 0 saturated carbocycles. The van der Waals surface area contributed by atoms with E-state index in [9.17, 15) is 23.6 Å². The zero-order valence-electron chi connectivity index (χ0n) is 33.0. The van der Waals surface area contributed by atoms with Crippen molar-refractivity contribution in [3.05, 3.63) is 87.5 Å². The van der Waals surface area contributed by atoms with Crippen LogP contribution in [0.15, 0.2) is 55.0 Å². The number of anilines is 2. The Bertz CT molecular complexity index is 2300. The quantitative estimate of drug-likeness (QED) is 0.0810. The molecule has 4 aliphatic rings. The number of hydrogen-bond donors (Lipinski definition) is 3. The number of rotatable bonds is 15. The molecule has 3 saturated heterocycles. The molecule has 4 aromatic rings. The number of carbonyl (C=O) groups is 4. The lowest BCUT2D eigenvalue weighted by atomic mass is 9.99. The molecule has 4 N–H and O–H groups in total. The second-order valence-electron chi connectivity index (χ2n) is 15.7. The van der Waals surface area contributed by atoms with Crippen LogP contribution in [0.2, 0.25) is 10.0 Å². The van der Waals surface area contributed by atoms with Gasteiger partial charge in [-0.05, 0) is 56.5 Å². The van der Waals surface area contributed by atoms with Crippen molar-refractivity contribution in [2.75, 3.05) is 70.1 Å². The summed E-state index contributed by atoms with van der Waals surface area (Å²) in [5, 5.41) is 10.5. The Morgan fingerprint density at radius 3 is 2.52 bits per heavy atom. The molecule has 18 heteroatoms. The van der Waals surface area contributed by atoms with Gasteiger partial charge < -0.3 is 30.3 Å². The molecule has 3 fully saturated rings. The standard InChI is InChI=1S/C42H46Cl2FN9O6/c1-24(36-30(43)5-6-31(45)38(36)44)60-34-17-26(19-48-39(34)46)27-20-49-53(23-27)28-9-11-51(12-10-28)13-15-59-16-14-52-21-25(22-52)18-47-32-4-2-3-29-37(32)42(58)54(41(29)57)33-7-8-35(55)50-40(33)56/h2-6,17,19-20,23-25,28,33,47H,7-16,18,21-22H2,1H3,(H2,46,48)(H,50,55,56)/t24-,33?/m0/s1. The molecular weight excluding hydrogens is 816 g/mol. The molecule has 60 heavy (non-hydrogen) atoms. The molecule has 1 unspecified atom stereocenters. The first-order valence-corrected chi connectivity index (χ1v) is 20.9. The molecule has 6 heterocycles. The second-order valence-corrected chi connectivity index (χ2v) is 16.5. The molecule has 15 nitrogen and oxygen atoms in total. The third-order valence-electron chi connectivity index (χ3n) is 11.7. The van der Waals surface area contributed by atoms with Crippen LogP contribution >= 0.6 is 23.2 Å². The molecule has 2 aromatic carbocycles. The molecule has 0 spiro atoms. The zero-order valence-corrected chi connectivity index (χ0v) is 34.6. The number of likely N-dealkylation sites (tertiary alicyclic amines) is 2. The van der Waals surface area contributed by atoms with Gasteiger partial charge in [0.1, 0.15) is 18.0 Å². The largest absolute Gasteiger partial charge is 0.482 e. The number of piperidine rings is 2. The van der Waals surface area contributed by atoms with Crippen molar-refractivity contribution in [2.45, 2.75) is 50.8 Å². The topological polar surface area (TPSA) is 177 Å². The molecule has 316 valence electrons. The van der Waals surface area contributed by atoms with E-state index in [1.54, 1.807) is 43.6 Å². The number of carbonyl (C=O) groups excluding carboxylic acids is 4. The number of nitrogens with two attached hydrogens (primary N) is 1. The number of pyridine rings is 1. The third-order valence-corrected chi connectivity index (χ3v) is 12.4. The minimum Gasteiger partial charge on any atom is -0.482 e. The van der Waals surface area contributed by atoms with Crippen molar-refractivity contribution in [1.29, 1.82) is 0 Å². The normalized spacial score (nSPS) is 19.7. The number of nitrogens with one attached hydrogen (secondary N) is 2. The van der Waals surface area contributed by atoms with Gasteiger partial charge in [0, 0.05) is 97.9 Å². The number of benzene rings is 2. The lowest BCUT2D eigenvalue weighted by Gasteiger charge is -2.39. The smallest absolute Gasteiger partial charge is 0.264 e. The SMILES string of the molecule is C[C@H](Oc1cc(-c2cnn(C3CCN(CCOCCN4CC(CNc5cccc6c5C(=O)N(C5CCC(=O)NC5=O)C6=O)C4)CC3)c2)cnc1N)c1c(Cl)ccc(F)c1Cl. The van der Waals surface area contributed by atoms with Crippen molar-refractivity contribution in [3.8, 4) is 16.9 Å². The lowest BCUT2D eigenvalue weighted by molar-refractivity contribution is -0.136. The van der Waals surface area contributed by atoms with Gasteiger partial charge in [0.15, 0.2) is 11.6 Å². The average molecular weight is 863 g/mol. The second kappa shape index (κ2) is 17.8. The van der Waals surface area contributed by atoms with E-state index in [1.807, 2.05) is 10.9 Å². The van der Waals surface area contributed by atoms with Crippen LogP contribution in [0, 0.1) is 11.7 Å². The highest BCUT2D eigenvalue weighted by atomic mass is 35.5. The maximum atomic E-state index is 14.1.